The number of nitrogens with one attached hydrogen (secondary N) is 1. The molecule has 0 aliphatic rings. The Kier molecular flexibility index (Phi) is 9.77. The van der Waals surface area contributed by atoms with Gasteiger partial charge in [0.05, 0.1) is 11.4 Å². The lowest BCUT2D eigenvalue weighted by atomic mass is 10.0. The van der Waals surface area contributed by atoms with Crippen LogP contribution in [0, 0.1) is 12.7 Å². The number of sulfonamides is 1. The first-order valence-electron chi connectivity index (χ1n) is 12.4. The van der Waals surface area contributed by atoms with Crippen LogP contribution in [0.1, 0.15) is 30.5 Å². The molecule has 0 saturated carbocycles. The summed E-state index contributed by atoms with van der Waals surface area (Å²) in [5.41, 5.74) is 1.93. The Balaban J connectivity index is 1.98. The molecular weight excluding hydrogens is 505 g/mol. The molecule has 2 amide bonds. The molecular formula is C29H34FN3O4S. The van der Waals surface area contributed by atoms with Crippen LogP contribution in [-0.2, 0) is 32.6 Å². The standard InChI is InChI=1S/C29H34FN3O4S/c1-21(2)31-29(35)27(18-23-10-6-5-7-11-23)33(19-24-12-8-9-13-26(24)30)28(34)20-32(4)38(36,37)25-16-14-22(3)15-17-25/h5-17,21,27H,18-20H2,1-4H3,(H,31,35)/t27-/m1/s1. The lowest BCUT2D eigenvalue weighted by molar-refractivity contribution is -0.141. The predicted molar refractivity (Wildman–Crippen MR) is 145 cm³/mol. The van der Waals surface area contributed by atoms with Crippen molar-refractivity contribution in [2.75, 3.05) is 13.6 Å². The lowest BCUT2D eigenvalue weighted by Crippen LogP contribution is -2.54. The summed E-state index contributed by atoms with van der Waals surface area (Å²) >= 11 is 0. The van der Waals surface area contributed by atoms with Gasteiger partial charge in [-0.25, -0.2) is 12.8 Å². The minimum absolute atomic E-state index is 0.0532. The average molecular weight is 540 g/mol. The quantitative estimate of drug-likeness (QED) is 0.400. The summed E-state index contributed by atoms with van der Waals surface area (Å²) in [6.45, 7) is 4.74. The Hall–Kier alpha value is -3.56. The van der Waals surface area contributed by atoms with Gasteiger partial charge in [0, 0.05) is 31.6 Å². The molecule has 0 unspecified atom stereocenters. The van der Waals surface area contributed by atoms with Gasteiger partial charge in [-0.05, 0) is 44.5 Å². The van der Waals surface area contributed by atoms with E-state index in [0.717, 1.165) is 15.4 Å². The number of aryl methyl sites for hydroxylation is 1. The van der Waals surface area contributed by atoms with E-state index in [2.05, 4.69) is 5.32 Å². The first-order valence-corrected chi connectivity index (χ1v) is 13.8. The Morgan fingerprint density at radius 2 is 1.53 bits per heavy atom. The SMILES string of the molecule is Cc1ccc(S(=O)(=O)N(C)CC(=O)N(Cc2ccccc2F)[C@H](Cc2ccccc2)C(=O)NC(C)C)cc1. The smallest absolute Gasteiger partial charge is 0.243 e. The molecule has 0 heterocycles. The number of halogens is 1. The van der Waals surface area contributed by atoms with Gasteiger partial charge < -0.3 is 10.2 Å². The van der Waals surface area contributed by atoms with Crippen molar-refractivity contribution in [3.05, 3.63) is 101 Å². The molecule has 0 aliphatic carbocycles. The molecule has 0 spiro atoms. The molecule has 3 aromatic rings. The third-order valence-electron chi connectivity index (χ3n) is 6.09. The number of nitrogens with zero attached hydrogens (tertiary/aromatic N) is 2. The number of hydrogen-bond donors (Lipinski definition) is 1. The predicted octanol–water partition coefficient (Wildman–Crippen LogP) is 3.92. The fourth-order valence-corrected chi connectivity index (χ4v) is 5.12. The van der Waals surface area contributed by atoms with E-state index in [-0.39, 0.29) is 29.5 Å². The molecule has 0 radical (unpaired) electrons. The normalized spacial score (nSPS) is 12.4. The lowest BCUT2D eigenvalue weighted by Gasteiger charge is -2.33. The maximum atomic E-state index is 14.7. The van der Waals surface area contributed by atoms with E-state index in [4.69, 9.17) is 0 Å². The van der Waals surface area contributed by atoms with Crippen LogP contribution in [-0.4, -0.2) is 55.1 Å². The third-order valence-corrected chi connectivity index (χ3v) is 7.91. The summed E-state index contributed by atoms with van der Waals surface area (Å²) in [5, 5.41) is 2.86. The largest absolute Gasteiger partial charge is 0.352 e. The summed E-state index contributed by atoms with van der Waals surface area (Å²) < 4.78 is 42.0. The molecule has 0 saturated heterocycles. The molecule has 0 aromatic heterocycles. The van der Waals surface area contributed by atoms with Gasteiger partial charge in [0.1, 0.15) is 11.9 Å². The summed E-state index contributed by atoms with van der Waals surface area (Å²) in [7, 11) is -2.66. The number of carbonyl (C=O) groups is 2. The Bertz CT molecular complexity index is 1350. The van der Waals surface area contributed by atoms with Gasteiger partial charge in [0.25, 0.3) is 0 Å². The van der Waals surface area contributed by atoms with Crippen molar-refractivity contribution in [3.63, 3.8) is 0 Å². The summed E-state index contributed by atoms with van der Waals surface area (Å²) in [6, 6.07) is 20.3. The van der Waals surface area contributed by atoms with Crippen molar-refractivity contribution in [1.82, 2.24) is 14.5 Å². The van der Waals surface area contributed by atoms with E-state index in [1.54, 1.807) is 30.3 Å². The van der Waals surface area contributed by atoms with Gasteiger partial charge >= 0.3 is 0 Å². The zero-order valence-corrected chi connectivity index (χ0v) is 22.9. The van der Waals surface area contributed by atoms with Gasteiger partial charge in [-0.15, -0.1) is 0 Å². The molecule has 1 N–H and O–H groups in total. The van der Waals surface area contributed by atoms with Crippen LogP contribution < -0.4 is 5.32 Å². The van der Waals surface area contributed by atoms with Crippen LogP contribution in [0.4, 0.5) is 4.39 Å². The van der Waals surface area contributed by atoms with Gasteiger partial charge in [0.2, 0.25) is 21.8 Å². The van der Waals surface area contributed by atoms with E-state index < -0.39 is 40.2 Å². The van der Waals surface area contributed by atoms with Crippen LogP contribution in [0.15, 0.2) is 83.8 Å². The molecule has 7 nitrogen and oxygen atoms in total. The minimum Gasteiger partial charge on any atom is -0.352 e. The third kappa shape index (κ3) is 7.49. The maximum absolute atomic E-state index is 14.7. The maximum Gasteiger partial charge on any atom is 0.243 e. The van der Waals surface area contributed by atoms with E-state index in [1.807, 2.05) is 51.1 Å². The first-order chi connectivity index (χ1) is 18.0. The second-order valence-corrected chi connectivity index (χ2v) is 11.6. The highest BCUT2D eigenvalue weighted by molar-refractivity contribution is 7.89. The second kappa shape index (κ2) is 12.8. The van der Waals surface area contributed by atoms with E-state index in [0.29, 0.717) is 0 Å². The van der Waals surface area contributed by atoms with E-state index >= 15 is 0 Å². The average Bonchev–Trinajstić information content (AvgIpc) is 2.87. The summed E-state index contributed by atoms with van der Waals surface area (Å²) in [5.74, 6) is -1.54. The molecule has 3 rings (SSSR count). The van der Waals surface area contributed by atoms with Crippen molar-refractivity contribution in [2.45, 2.75) is 50.7 Å². The minimum atomic E-state index is -3.98. The fraction of sp³-hybridized carbons (Fsp3) is 0.310. The Morgan fingerprint density at radius 3 is 2.13 bits per heavy atom. The highest BCUT2D eigenvalue weighted by Crippen LogP contribution is 2.19. The molecule has 1 atom stereocenters. The number of hydrogen-bond acceptors (Lipinski definition) is 4. The van der Waals surface area contributed by atoms with Crippen LogP contribution in [0.2, 0.25) is 0 Å². The number of rotatable bonds is 11. The molecule has 3 aromatic carbocycles. The zero-order chi connectivity index (χ0) is 27.9. The fourth-order valence-electron chi connectivity index (χ4n) is 4.00. The van der Waals surface area contributed by atoms with Gasteiger partial charge in [-0.2, -0.15) is 4.31 Å². The molecule has 9 heteroatoms. The van der Waals surface area contributed by atoms with Gasteiger partial charge in [-0.1, -0.05) is 66.2 Å². The van der Waals surface area contributed by atoms with Crippen LogP contribution in [0.3, 0.4) is 0 Å². The van der Waals surface area contributed by atoms with E-state index in [9.17, 15) is 22.4 Å². The van der Waals surface area contributed by atoms with Crippen molar-refractivity contribution >= 4 is 21.8 Å². The second-order valence-electron chi connectivity index (χ2n) is 9.56. The topological polar surface area (TPSA) is 86.8 Å². The van der Waals surface area contributed by atoms with E-state index in [1.165, 1.54) is 30.1 Å². The number of likely N-dealkylation sites (N-methyl/N-ethyl adjacent to an activating group) is 1. The van der Waals surface area contributed by atoms with Crippen LogP contribution in [0.5, 0.6) is 0 Å². The number of carbonyl (C=O) groups excluding carboxylic acids is 2. The Labute approximate surface area is 224 Å². The van der Waals surface area contributed by atoms with Crippen LogP contribution >= 0.6 is 0 Å². The first kappa shape index (κ1) is 29.0. The molecule has 38 heavy (non-hydrogen) atoms. The number of benzene rings is 3. The molecule has 0 aliphatic heterocycles. The van der Waals surface area contributed by atoms with Crippen molar-refractivity contribution < 1.29 is 22.4 Å². The zero-order valence-electron chi connectivity index (χ0n) is 22.1. The monoisotopic (exact) mass is 539 g/mol. The van der Waals surface area contributed by atoms with Crippen molar-refractivity contribution in [1.29, 1.82) is 0 Å². The Morgan fingerprint density at radius 1 is 0.921 bits per heavy atom. The molecule has 0 bridgehead atoms. The summed E-state index contributed by atoms with van der Waals surface area (Å²) in [4.78, 5) is 28.4. The van der Waals surface area contributed by atoms with Crippen molar-refractivity contribution in [2.24, 2.45) is 0 Å². The molecule has 202 valence electrons. The van der Waals surface area contributed by atoms with Gasteiger partial charge in [-0.3, -0.25) is 9.59 Å². The van der Waals surface area contributed by atoms with Gasteiger partial charge in [0.15, 0.2) is 0 Å². The highest BCUT2D eigenvalue weighted by atomic mass is 32.2. The van der Waals surface area contributed by atoms with Crippen LogP contribution in [0.25, 0.3) is 0 Å². The van der Waals surface area contributed by atoms with Crippen molar-refractivity contribution in [3.8, 4) is 0 Å². The molecule has 0 fully saturated rings. The summed E-state index contributed by atoms with van der Waals surface area (Å²) in [6.07, 6.45) is 0.175. The highest BCUT2D eigenvalue weighted by Gasteiger charge is 2.33. The number of amides is 2.